The van der Waals surface area contributed by atoms with Crippen LogP contribution >= 0.6 is 11.6 Å². The summed E-state index contributed by atoms with van der Waals surface area (Å²) in [4.78, 5) is 25.5. The lowest BCUT2D eigenvalue weighted by Crippen LogP contribution is -2.37. The van der Waals surface area contributed by atoms with Crippen molar-refractivity contribution < 1.29 is 14.3 Å². The van der Waals surface area contributed by atoms with Gasteiger partial charge >= 0.3 is 0 Å². The fourth-order valence-electron chi connectivity index (χ4n) is 3.09. The van der Waals surface area contributed by atoms with Crippen LogP contribution < -0.4 is 15.4 Å². The number of benzene rings is 2. The molecule has 2 atom stereocenters. The van der Waals surface area contributed by atoms with E-state index in [1.54, 1.807) is 55.6 Å². The van der Waals surface area contributed by atoms with Gasteiger partial charge in [0.15, 0.2) is 0 Å². The van der Waals surface area contributed by atoms with Crippen LogP contribution in [0, 0.1) is 11.8 Å². The van der Waals surface area contributed by atoms with E-state index in [0.717, 1.165) is 0 Å². The zero-order chi connectivity index (χ0) is 19.2. The second-order valence-electron chi connectivity index (χ2n) is 6.34. The van der Waals surface area contributed by atoms with Gasteiger partial charge in [0.2, 0.25) is 11.8 Å². The van der Waals surface area contributed by atoms with E-state index < -0.39 is 11.8 Å². The van der Waals surface area contributed by atoms with Crippen LogP contribution in [0.2, 0.25) is 5.02 Å². The first-order valence-electron chi connectivity index (χ1n) is 8.74. The summed E-state index contributed by atoms with van der Waals surface area (Å²) in [5, 5.41) is 6.20. The number of carbonyl (C=O) groups excluding carboxylic acids is 2. The first-order valence-corrected chi connectivity index (χ1v) is 9.11. The minimum Gasteiger partial charge on any atom is -0.497 e. The predicted molar refractivity (Wildman–Crippen MR) is 107 cm³/mol. The number of nitrogens with one attached hydrogen (secondary N) is 2. The van der Waals surface area contributed by atoms with Crippen molar-refractivity contribution in [3.8, 4) is 5.75 Å². The molecule has 1 aliphatic carbocycles. The van der Waals surface area contributed by atoms with Crippen molar-refractivity contribution in [3.05, 3.63) is 65.7 Å². The lowest BCUT2D eigenvalue weighted by atomic mass is 9.81. The molecule has 2 amide bonds. The molecule has 0 spiro atoms. The Morgan fingerprint density at radius 1 is 0.926 bits per heavy atom. The van der Waals surface area contributed by atoms with Gasteiger partial charge in [-0.15, -0.1) is 0 Å². The molecule has 6 heteroatoms. The molecule has 140 valence electrons. The van der Waals surface area contributed by atoms with Gasteiger partial charge in [0.25, 0.3) is 0 Å². The standard InChI is InChI=1S/C21H21ClN2O3/c1-27-15-12-10-14(11-13-15)23-20(25)16-6-2-3-7-17(16)21(26)24-19-9-5-4-8-18(19)22/h2-5,8-13,16-17H,6-7H2,1H3,(H,23,25)(H,24,26). The van der Waals surface area contributed by atoms with Crippen molar-refractivity contribution in [2.45, 2.75) is 12.8 Å². The Balaban J connectivity index is 1.70. The third-order valence-electron chi connectivity index (χ3n) is 4.60. The van der Waals surface area contributed by atoms with E-state index in [2.05, 4.69) is 10.6 Å². The lowest BCUT2D eigenvalue weighted by molar-refractivity contribution is -0.129. The summed E-state index contributed by atoms with van der Waals surface area (Å²) in [6.45, 7) is 0. The molecule has 2 aromatic carbocycles. The molecule has 0 heterocycles. The van der Waals surface area contributed by atoms with Gasteiger partial charge in [-0.3, -0.25) is 9.59 Å². The number of allylic oxidation sites excluding steroid dienone is 2. The summed E-state index contributed by atoms with van der Waals surface area (Å²) in [5.41, 5.74) is 1.22. The van der Waals surface area contributed by atoms with Gasteiger partial charge in [-0.25, -0.2) is 0 Å². The number of ether oxygens (including phenoxy) is 1. The maximum atomic E-state index is 12.8. The lowest BCUT2D eigenvalue weighted by Gasteiger charge is -2.27. The molecule has 3 rings (SSSR count). The fourth-order valence-corrected chi connectivity index (χ4v) is 3.27. The van der Waals surface area contributed by atoms with Crippen molar-refractivity contribution in [1.29, 1.82) is 0 Å². The number of methoxy groups -OCH3 is 1. The summed E-state index contributed by atoms with van der Waals surface area (Å²) < 4.78 is 5.12. The topological polar surface area (TPSA) is 67.4 Å². The molecular formula is C21H21ClN2O3. The third kappa shape index (κ3) is 4.68. The van der Waals surface area contributed by atoms with Crippen molar-refractivity contribution in [2.75, 3.05) is 17.7 Å². The van der Waals surface area contributed by atoms with Crippen LogP contribution in [-0.2, 0) is 9.59 Å². The van der Waals surface area contributed by atoms with E-state index in [1.807, 2.05) is 12.2 Å². The van der Waals surface area contributed by atoms with Crippen molar-refractivity contribution in [3.63, 3.8) is 0 Å². The number of anilines is 2. The van der Waals surface area contributed by atoms with Crippen molar-refractivity contribution in [1.82, 2.24) is 0 Å². The van der Waals surface area contributed by atoms with E-state index in [0.29, 0.717) is 35.0 Å². The maximum absolute atomic E-state index is 12.8. The Kier molecular flexibility index (Phi) is 6.14. The molecule has 0 aliphatic heterocycles. The Morgan fingerprint density at radius 3 is 2.11 bits per heavy atom. The number of halogens is 1. The molecule has 0 aromatic heterocycles. The van der Waals surface area contributed by atoms with Gasteiger partial charge in [-0.2, -0.15) is 0 Å². The molecule has 5 nitrogen and oxygen atoms in total. The second kappa shape index (κ2) is 8.73. The van der Waals surface area contributed by atoms with Gasteiger partial charge in [-0.05, 0) is 49.2 Å². The molecular weight excluding hydrogens is 364 g/mol. The Morgan fingerprint density at radius 2 is 1.52 bits per heavy atom. The summed E-state index contributed by atoms with van der Waals surface area (Å²) >= 11 is 6.12. The van der Waals surface area contributed by atoms with Crippen LogP contribution in [0.4, 0.5) is 11.4 Å². The molecule has 2 N–H and O–H groups in total. The smallest absolute Gasteiger partial charge is 0.228 e. The summed E-state index contributed by atoms with van der Waals surface area (Å²) in [7, 11) is 1.59. The van der Waals surface area contributed by atoms with Crippen LogP contribution in [0.25, 0.3) is 0 Å². The average molecular weight is 385 g/mol. The van der Waals surface area contributed by atoms with E-state index in [-0.39, 0.29) is 11.8 Å². The highest BCUT2D eigenvalue weighted by Crippen LogP contribution is 2.30. The third-order valence-corrected chi connectivity index (χ3v) is 4.92. The predicted octanol–water partition coefficient (Wildman–Crippen LogP) is 4.51. The highest BCUT2D eigenvalue weighted by atomic mass is 35.5. The Hall–Kier alpha value is -2.79. The number of para-hydroxylation sites is 1. The van der Waals surface area contributed by atoms with Crippen molar-refractivity contribution in [2.24, 2.45) is 11.8 Å². The van der Waals surface area contributed by atoms with Crippen LogP contribution in [0.15, 0.2) is 60.7 Å². The molecule has 27 heavy (non-hydrogen) atoms. The molecule has 2 unspecified atom stereocenters. The highest BCUT2D eigenvalue weighted by Gasteiger charge is 2.34. The minimum atomic E-state index is -0.454. The van der Waals surface area contributed by atoms with E-state index in [1.165, 1.54) is 0 Å². The monoisotopic (exact) mass is 384 g/mol. The van der Waals surface area contributed by atoms with Gasteiger partial charge in [0, 0.05) is 5.69 Å². The Bertz CT molecular complexity index is 849. The highest BCUT2D eigenvalue weighted by molar-refractivity contribution is 6.33. The van der Waals surface area contributed by atoms with Crippen LogP contribution in [0.3, 0.4) is 0 Å². The average Bonchev–Trinajstić information content (AvgIpc) is 2.70. The summed E-state index contributed by atoms with van der Waals surface area (Å²) in [6.07, 6.45) is 4.91. The summed E-state index contributed by atoms with van der Waals surface area (Å²) in [6, 6.07) is 14.2. The van der Waals surface area contributed by atoms with E-state index >= 15 is 0 Å². The minimum absolute atomic E-state index is 0.177. The van der Waals surface area contributed by atoms with Gasteiger partial charge < -0.3 is 15.4 Å². The quantitative estimate of drug-likeness (QED) is 0.745. The number of hydrogen-bond acceptors (Lipinski definition) is 3. The number of carbonyl (C=O) groups is 2. The van der Waals surface area contributed by atoms with Gasteiger partial charge in [-0.1, -0.05) is 35.9 Å². The maximum Gasteiger partial charge on any atom is 0.228 e. The van der Waals surface area contributed by atoms with Crippen LogP contribution in [0.1, 0.15) is 12.8 Å². The molecule has 1 aliphatic rings. The first-order chi connectivity index (χ1) is 13.1. The van der Waals surface area contributed by atoms with Crippen molar-refractivity contribution >= 4 is 34.8 Å². The molecule has 0 fully saturated rings. The molecule has 0 saturated carbocycles. The largest absolute Gasteiger partial charge is 0.497 e. The second-order valence-corrected chi connectivity index (χ2v) is 6.75. The molecule has 2 aromatic rings. The molecule has 0 radical (unpaired) electrons. The Labute approximate surface area is 163 Å². The number of rotatable bonds is 5. The molecule has 0 bridgehead atoms. The zero-order valence-corrected chi connectivity index (χ0v) is 15.7. The SMILES string of the molecule is COc1ccc(NC(=O)C2CC=CCC2C(=O)Nc2ccccc2Cl)cc1. The van der Waals surface area contributed by atoms with E-state index in [4.69, 9.17) is 16.3 Å². The number of hydrogen-bond donors (Lipinski definition) is 2. The van der Waals surface area contributed by atoms with E-state index in [9.17, 15) is 9.59 Å². The normalized spacial score (nSPS) is 18.6. The number of amides is 2. The molecule has 0 saturated heterocycles. The van der Waals surface area contributed by atoms with Crippen LogP contribution in [0.5, 0.6) is 5.75 Å². The fraction of sp³-hybridized carbons (Fsp3) is 0.238. The first kappa shape index (κ1) is 19.0. The van der Waals surface area contributed by atoms with Gasteiger partial charge in [0.1, 0.15) is 5.75 Å². The van der Waals surface area contributed by atoms with Crippen LogP contribution in [-0.4, -0.2) is 18.9 Å². The summed E-state index contributed by atoms with van der Waals surface area (Å²) in [5.74, 6) is -0.569. The zero-order valence-electron chi connectivity index (χ0n) is 14.9. The van der Waals surface area contributed by atoms with Gasteiger partial charge in [0.05, 0.1) is 29.7 Å².